The SMILES string of the molecule is O=[N+]([O-])c1ccc(I)c2c(I)csc12. The lowest BCUT2D eigenvalue weighted by Crippen LogP contribution is -1.88. The van der Waals surface area contributed by atoms with E-state index in [-0.39, 0.29) is 10.6 Å². The molecule has 0 spiro atoms. The van der Waals surface area contributed by atoms with Crippen molar-refractivity contribution in [3.05, 3.63) is 34.8 Å². The summed E-state index contributed by atoms with van der Waals surface area (Å²) in [6.45, 7) is 0. The van der Waals surface area contributed by atoms with Crippen LogP contribution in [0.5, 0.6) is 0 Å². The van der Waals surface area contributed by atoms with Gasteiger partial charge >= 0.3 is 0 Å². The van der Waals surface area contributed by atoms with Crippen LogP contribution in [-0.4, -0.2) is 4.92 Å². The number of halogens is 2. The number of fused-ring (bicyclic) bond motifs is 1. The third-order valence-electron chi connectivity index (χ3n) is 1.80. The molecule has 14 heavy (non-hydrogen) atoms. The molecule has 2 rings (SSSR count). The molecule has 2 aromatic rings. The van der Waals surface area contributed by atoms with Gasteiger partial charge in [-0.05, 0) is 51.2 Å². The van der Waals surface area contributed by atoms with Crippen molar-refractivity contribution in [2.75, 3.05) is 0 Å². The van der Waals surface area contributed by atoms with Crippen molar-refractivity contribution in [3.63, 3.8) is 0 Å². The zero-order valence-corrected chi connectivity index (χ0v) is 11.8. The van der Waals surface area contributed by atoms with Gasteiger partial charge in [0.25, 0.3) is 5.69 Å². The number of nitro benzene ring substituents is 1. The van der Waals surface area contributed by atoms with E-state index in [9.17, 15) is 10.1 Å². The molecule has 6 heteroatoms. The molecule has 0 atom stereocenters. The van der Waals surface area contributed by atoms with Crippen LogP contribution in [0.4, 0.5) is 5.69 Å². The smallest absolute Gasteiger partial charge is 0.258 e. The molecule has 0 aliphatic rings. The lowest BCUT2D eigenvalue weighted by molar-refractivity contribution is -0.382. The topological polar surface area (TPSA) is 43.1 Å². The van der Waals surface area contributed by atoms with Crippen molar-refractivity contribution in [1.82, 2.24) is 0 Å². The van der Waals surface area contributed by atoms with Gasteiger partial charge in [0.1, 0.15) is 4.70 Å². The van der Waals surface area contributed by atoms with E-state index in [0.29, 0.717) is 0 Å². The predicted octanol–water partition coefficient (Wildman–Crippen LogP) is 4.02. The second-order valence-electron chi connectivity index (χ2n) is 2.61. The third-order valence-corrected chi connectivity index (χ3v) is 4.98. The summed E-state index contributed by atoms with van der Waals surface area (Å²) in [5, 5.41) is 13.7. The van der Waals surface area contributed by atoms with Crippen molar-refractivity contribution in [2.24, 2.45) is 0 Å². The van der Waals surface area contributed by atoms with Crippen LogP contribution >= 0.6 is 56.5 Å². The van der Waals surface area contributed by atoms with Gasteiger partial charge in [-0.25, -0.2) is 0 Å². The molecule has 1 aromatic heterocycles. The summed E-state index contributed by atoms with van der Waals surface area (Å²) in [5.74, 6) is 0. The van der Waals surface area contributed by atoms with Gasteiger partial charge in [0.15, 0.2) is 0 Å². The van der Waals surface area contributed by atoms with E-state index in [1.807, 2.05) is 5.38 Å². The molecular formula is C8H3I2NO2S. The van der Waals surface area contributed by atoms with Crippen LogP contribution in [-0.2, 0) is 0 Å². The van der Waals surface area contributed by atoms with E-state index in [1.165, 1.54) is 11.3 Å². The van der Waals surface area contributed by atoms with E-state index >= 15 is 0 Å². The van der Waals surface area contributed by atoms with Crippen LogP contribution in [0.1, 0.15) is 0 Å². The molecule has 0 unspecified atom stereocenters. The Balaban J connectivity index is 2.90. The Morgan fingerprint density at radius 2 is 2.00 bits per heavy atom. The Hall–Kier alpha value is 0.0400. The molecule has 0 amide bonds. The summed E-state index contributed by atoms with van der Waals surface area (Å²) < 4.78 is 2.91. The largest absolute Gasteiger partial charge is 0.287 e. The first-order valence-electron chi connectivity index (χ1n) is 3.61. The average molecular weight is 431 g/mol. The van der Waals surface area contributed by atoms with Gasteiger partial charge in [0.05, 0.1) is 4.92 Å². The van der Waals surface area contributed by atoms with E-state index in [0.717, 1.165) is 17.2 Å². The maximum Gasteiger partial charge on any atom is 0.287 e. The summed E-state index contributed by atoms with van der Waals surface area (Å²) >= 11 is 5.83. The Bertz CT molecular complexity index is 523. The van der Waals surface area contributed by atoms with Crippen LogP contribution in [0.3, 0.4) is 0 Å². The standard InChI is InChI=1S/C8H3I2NO2S/c9-4-1-2-6(11(12)13)8-7(4)5(10)3-14-8/h1-3H. The predicted molar refractivity (Wildman–Crippen MR) is 73.9 cm³/mol. The molecule has 0 aliphatic carbocycles. The number of benzene rings is 1. The first-order valence-corrected chi connectivity index (χ1v) is 6.64. The summed E-state index contributed by atoms with van der Waals surface area (Å²) in [7, 11) is 0. The Kier molecular flexibility index (Phi) is 2.93. The van der Waals surface area contributed by atoms with Gasteiger partial charge in [-0.2, -0.15) is 0 Å². The zero-order chi connectivity index (χ0) is 10.3. The number of thiophene rings is 1. The number of nitro groups is 1. The van der Waals surface area contributed by atoms with Crippen molar-refractivity contribution in [2.45, 2.75) is 0 Å². The average Bonchev–Trinajstić information content (AvgIpc) is 2.49. The van der Waals surface area contributed by atoms with Gasteiger partial charge in [0.2, 0.25) is 0 Å². The molecule has 0 radical (unpaired) electrons. The van der Waals surface area contributed by atoms with Crippen molar-refractivity contribution < 1.29 is 4.92 Å². The van der Waals surface area contributed by atoms with Crippen LogP contribution in [0.2, 0.25) is 0 Å². The number of nitrogens with zero attached hydrogens (tertiary/aromatic N) is 1. The highest BCUT2D eigenvalue weighted by Gasteiger charge is 2.16. The normalized spacial score (nSPS) is 10.7. The van der Waals surface area contributed by atoms with Gasteiger partial charge in [-0.15, -0.1) is 11.3 Å². The second kappa shape index (κ2) is 3.89. The fourth-order valence-electron chi connectivity index (χ4n) is 1.20. The molecule has 1 heterocycles. The minimum atomic E-state index is -0.328. The highest BCUT2D eigenvalue weighted by Crippen LogP contribution is 2.37. The van der Waals surface area contributed by atoms with Crippen LogP contribution < -0.4 is 0 Å². The second-order valence-corrected chi connectivity index (χ2v) is 5.82. The van der Waals surface area contributed by atoms with Crippen molar-refractivity contribution in [1.29, 1.82) is 0 Å². The van der Waals surface area contributed by atoms with Crippen molar-refractivity contribution in [3.8, 4) is 0 Å². The van der Waals surface area contributed by atoms with Crippen molar-refractivity contribution >= 4 is 72.3 Å². The quantitative estimate of drug-likeness (QED) is 0.389. The number of non-ortho nitro benzene ring substituents is 1. The van der Waals surface area contributed by atoms with E-state index in [4.69, 9.17) is 0 Å². The lowest BCUT2D eigenvalue weighted by atomic mass is 10.2. The molecule has 0 bridgehead atoms. The maximum atomic E-state index is 10.7. The minimum absolute atomic E-state index is 0.202. The van der Waals surface area contributed by atoms with E-state index in [2.05, 4.69) is 45.2 Å². The van der Waals surface area contributed by atoms with Gasteiger partial charge in [-0.1, -0.05) is 0 Å². The van der Waals surface area contributed by atoms with Gasteiger partial charge in [-0.3, -0.25) is 10.1 Å². The number of rotatable bonds is 1. The lowest BCUT2D eigenvalue weighted by Gasteiger charge is -1.96. The molecule has 72 valence electrons. The molecule has 0 saturated heterocycles. The summed E-state index contributed by atoms with van der Waals surface area (Å²) in [5.41, 5.74) is 0.202. The van der Waals surface area contributed by atoms with E-state index in [1.54, 1.807) is 12.1 Å². The molecule has 0 N–H and O–H groups in total. The first-order chi connectivity index (χ1) is 6.61. The van der Waals surface area contributed by atoms with Gasteiger partial charge < -0.3 is 0 Å². The fourth-order valence-corrected chi connectivity index (χ4v) is 4.71. The Morgan fingerprint density at radius 1 is 1.29 bits per heavy atom. The van der Waals surface area contributed by atoms with E-state index < -0.39 is 0 Å². The summed E-state index contributed by atoms with van der Waals surface area (Å²) in [4.78, 5) is 10.4. The Labute approximate surface area is 111 Å². The molecule has 0 saturated carbocycles. The fraction of sp³-hybridized carbons (Fsp3) is 0. The summed E-state index contributed by atoms with van der Waals surface area (Å²) in [6.07, 6.45) is 0. The third kappa shape index (κ3) is 1.63. The minimum Gasteiger partial charge on any atom is -0.258 e. The zero-order valence-electron chi connectivity index (χ0n) is 6.66. The summed E-state index contributed by atoms with van der Waals surface area (Å²) in [6, 6.07) is 3.35. The van der Waals surface area contributed by atoms with Crippen LogP contribution in [0.25, 0.3) is 10.1 Å². The van der Waals surface area contributed by atoms with Crippen LogP contribution in [0.15, 0.2) is 17.5 Å². The Morgan fingerprint density at radius 3 is 2.64 bits per heavy atom. The first kappa shape index (κ1) is 10.6. The van der Waals surface area contributed by atoms with Gasteiger partial charge in [0, 0.05) is 24.0 Å². The molecule has 0 fully saturated rings. The molecule has 0 aliphatic heterocycles. The molecule has 3 nitrogen and oxygen atoms in total. The highest BCUT2D eigenvalue weighted by atomic mass is 127. The highest BCUT2D eigenvalue weighted by molar-refractivity contribution is 14.1. The maximum absolute atomic E-state index is 10.7. The van der Waals surface area contributed by atoms with Crippen LogP contribution in [0, 0.1) is 17.3 Å². The molecule has 1 aromatic carbocycles. The number of hydrogen-bond acceptors (Lipinski definition) is 3. The monoisotopic (exact) mass is 431 g/mol. The molecular weight excluding hydrogens is 428 g/mol. The number of hydrogen-bond donors (Lipinski definition) is 0.